The lowest BCUT2D eigenvalue weighted by atomic mass is 10.0. The molecule has 326 valence electrons. The van der Waals surface area contributed by atoms with Crippen LogP contribution in [-0.2, 0) is 0 Å². The van der Waals surface area contributed by atoms with Crippen molar-refractivity contribution in [3.8, 4) is 0 Å². The summed E-state index contributed by atoms with van der Waals surface area (Å²) in [6.45, 7) is 17.8. The van der Waals surface area contributed by atoms with Gasteiger partial charge in [0.15, 0.2) is 0 Å². The van der Waals surface area contributed by atoms with E-state index in [9.17, 15) is 25.5 Å². The maximum atomic E-state index is 11.0. The highest BCUT2D eigenvalue weighted by molar-refractivity contribution is 4.74. The second-order valence-electron chi connectivity index (χ2n) is 16.8. The minimum absolute atomic E-state index is 0.347. The first-order valence-corrected chi connectivity index (χ1v) is 23.4. The van der Waals surface area contributed by atoms with E-state index < -0.39 is 24.4 Å². The molecule has 0 aliphatic carbocycles. The van der Waals surface area contributed by atoms with E-state index in [4.69, 9.17) is 0 Å². The Morgan fingerprint density at radius 3 is 1.13 bits per heavy atom. The van der Waals surface area contributed by atoms with Crippen molar-refractivity contribution < 1.29 is 25.5 Å². The zero-order valence-electron chi connectivity index (χ0n) is 36.7. The smallest absolute Gasteiger partial charge is 0.0667 e. The zero-order valence-corrected chi connectivity index (χ0v) is 36.7. The summed E-state index contributed by atoms with van der Waals surface area (Å²) in [6, 6.07) is 0. The van der Waals surface area contributed by atoms with E-state index in [0.717, 1.165) is 71.4 Å². The molecule has 0 aliphatic heterocycles. The zero-order chi connectivity index (χ0) is 40.1. The monoisotopic (exact) mass is 773 g/mol. The van der Waals surface area contributed by atoms with E-state index in [1.165, 1.54) is 116 Å². The van der Waals surface area contributed by atoms with Gasteiger partial charge < -0.3 is 30.8 Å². The highest BCUT2D eigenvalue weighted by Crippen LogP contribution is 2.14. The maximum absolute atomic E-state index is 11.0. The van der Waals surface area contributed by atoms with Crippen LogP contribution in [0.1, 0.15) is 189 Å². The van der Waals surface area contributed by atoms with Gasteiger partial charge in [-0.1, -0.05) is 156 Å². The van der Waals surface area contributed by atoms with Gasteiger partial charge in [-0.15, -0.1) is 0 Å². The number of aliphatic hydroxyl groups is 5. The second-order valence-corrected chi connectivity index (χ2v) is 16.8. The number of hydrogen-bond acceptors (Lipinski definition) is 9. The van der Waals surface area contributed by atoms with Crippen LogP contribution in [0.3, 0.4) is 0 Å². The predicted molar refractivity (Wildman–Crippen MR) is 231 cm³/mol. The Bertz CT molecular complexity index is 751. The molecule has 0 radical (unpaired) electrons. The highest BCUT2D eigenvalue weighted by Gasteiger charge is 2.19. The lowest BCUT2D eigenvalue weighted by Crippen LogP contribution is -2.47. The molecule has 54 heavy (non-hydrogen) atoms. The van der Waals surface area contributed by atoms with Crippen molar-refractivity contribution in [1.82, 2.24) is 20.0 Å². The third kappa shape index (κ3) is 36.0. The summed E-state index contributed by atoms with van der Waals surface area (Å²) in [7, 11) is 0. The first-order chi connectivity index (χ1) is 26.1. The Morgan fingerprint density at radius 1 is 0.389 bits per heavy atom. The fourth-order valence-corrected chi connectivity index (χ4v) is 7.38. The average Bonchev–Trinajstić information content (AvgIpc) is 3.14. The minimum Gasteiger partial charge on any atom is -0.392 e. The van der Waals surface area contributed by atoms with Crippen molar-refractivity contribution in [2.24, 2.45) is 0 Å². The number of rotatable bonds is 43. The largest absolute Gasteiger partial charge is 0.392 e. The van der Waals surface area contributed by atoms with Crippen LogP contribution in [0.2, 0.25) is 0 Å². The van der Waals surface area contributed by atoms with E-state index in [1.807, 2.05) is 20.8 Å². The highest BCUT2D eigenvalue weighted by atomic mass is 16.3. The summed E-state index contributed by atoms with van der Waals surface area (Å²) in [6.07, 6.45) is 26.7. The number of nitrogens with one attached hydrogen (secondary N) is 1. The van der Waals surface area contributed by atoms with Crippen LogP contribution in [0.25, 0.3) is 0 Å². The molecule has 5 unspecified atom stereocenters. The van der Waals surface area contributed by atoms with E-state index in [2.05, 4.69) is 33.9 Å². The first kappa shape index (κ1) is 53.6. The molecule has 0 aliphatic rings. The Morgan fingerprint density at radius 2 is 0.741 bits per heavy atom. The molecule has 0 aromatic rings. The van der Waals surface area contributed by atoms with Crippen LogP contribution in [-0.4, -0.2) is 143 Å². The van der Waals surface area contributed by atoms with Gasteiger partial charge in [0.25, 0.3) is 0 Å². The van der Waals surface area contributed by atoms with Gasteiger partial charge in [-0.3, -0.25) is 14.7 Å². The predicted octanol–water partition coefficient (Wildman–Crippen LogP) is 7.75. The van der Waals surface area contributed by atoms with Crippen molar-refractivity contribution in [3.63, 3.8) is 0 Å². The Hall–Kier alpha value is -0.360. The van der Waals surface area contributed by atoms with Crippen molar-refractivity contribution >= 4 is 0 Å². The fourth-order valence-electron chi connectivity index (χ4n) is 7.38. The van der Waals surface area contributed by atoms with Crippen LogP contribution in [0.15, 0.2) is 0 Å². The van der Waals surface area contributed by atoms with Gasteiger partial charge in [-0.25, -0.2) is 0 Å². The summed E-state index contributed by atoms with van der Waals surface area (Å²) in [4.78, 5) is 6.86. The molecule has 9 heteroatoms. The molecule has 0 bridgehead atoms. The van der Waals surface area contributed by atoms with Gasteiger partial charge in [-0.05, 0) is 32.6 Å². The van der Waals surface area contributed by atoms with Gasteiger partial charge in [0.1, 0.15) is 0 Å². The van der Waals surface area contributed by atoms with E-state index in [1.54, 1.807) is 0 Å². The van der Waals surface area contributed by atoms with Gasteiger partial charge in [0.05, 0.1) is 30.5 Å². The standard InChI is InChI=1S/C45H96N4O5/c1-6-10-12-14-16-18-20-22-24-26-28-44(53)39-48(37-41(5)50)34-32-47(31-30-46-36-42(51)8-3)33-35-49(38-43(52)9-4)40-45(54)29-27-25-23-21-19-17-15-13-11-7-2/h41-46,50-54H,6-40H2,1-5H3. The quantitative estimate of drug-likeness (QED) is 0.0346. The molecular formula is C45H96N4O5. The molecule has 5 atom stereocenters. The lowest BCUT2D eigenvalue weighted by Gasteiger charge is -2.32. The lowest BCUT2D eigenvalue weighted by molar-refractivity contribution is 0.0515. The molecule has 0 fully saturated rings. The molecule has 0 amide bonds. The van der Waals surface area contributed by atoms with E-state index in [-0.39, 0.29) is 6.10 Å². The maximum Gasteiger partial charge on any atom is 0.0667 e. The van der Waals surface area contributed by atoms with Crippen LogP contribution in [0.4, 0.5) is 0 Å². The van der Waals surface area contributed by atoms with E-state index in [0.29, 0.717) is 39.1 Å². The summed E-state index contributed by atoms with van der Waals surface area (Å²) in [5.41, 5.74) is 0. The van der Waals surface area contributed by atoms with Gasteiger partial charge in [-0.2, -0.15) is 0 Å². The third-order valence-corrected chi connectivity index (χ3v) is 11.1. The van der Waals surface area contributed by atoms with Crippen LogP contribution in [0, 0.1) is 0 Å². The average molecular weight is 773 g/mol. The van der Waals surface area contributed by atoms with Crippen LogP contribution >= 0.6 is 0 Å². The second kappa shape index (κ2) is 39.5. The van der Waals surface area contributed by atoms with E-state index >= 15 is 0 Å². The topological polar surface area (TPSA) is 123 Å². The number of unbranched alkanes of at least 4 members (excludes halogenated alkanes) is 18. The molecule has 0 spiro atoms. The Kier molecular flexibility index (Phi) is 39.2. The molecule has 9 nitrogen and oxygen atoms in total. The van der Waals surface area contributed by atoms with Crippen molar-refractivity contribution in [1.29, 1.82) is 0 Å². The van der Waals surface area contributed by atoms with Gasteiger partial charge in [0, 0.05) is 72.0 Å². The summed E-state index contributed by atoms with van der Waals surface area (Å²) in [5, 5.41) is 56.3. The molecule has 0 aromatic carbocycles. The van der Waals surface area contributed by atoms with Crippen molar-refractivity contribution in [2.75, 3.05) is 72.0 Å². The Labute approximate surface area is 336 Å². The Balaban J connectivity index is 5.01. The SMILES string of the molecule is CCCCCCCCCCCCC(O)CN(CCN(CCNCC(O)CC)CCN(CC(O)CC)CC(O)CCCCCCCCCCCC)CC(C)O. The normalized spacial score (nSPS) is 15.1. The molecule has 0 aromatic heterocycles. The first-order valence-electron chi connectivity index (χ1n) is 23.4. The molecule has 0 saturated carbocycles. The third-order valence-electron chi connectivity index (χ3n) is 11.1. The molecule has 0 saturated heterocycles. The number of aliphatic hydroxyl groups excluding tert-OH is 5. The molecular weight excluding hydrogens is 677 g/mol. The van der Waals surface area contributed by atoms with Crippen molar-refractivity contribution in [3.05, 3.63) is 0 Å². The van der Waals surface area contributed by atoms with Crippen molar-refractivity contribution in [2.45, 2.75) is 219 Å². The molecule has 0 rings (SSSR count). The molecule has 6 N–H and O–H groups in total. The van der Waals surface area contributed by atoms with Crippen LogP contribution in [0.5, 0.6) is 0 Å². The fraction of sp³-hybridized carbons (Fsp3) is 1.00. The summed E-state index contributed by atoms with van der Waals surface area (Å²) >= 11 is 0. The summed E-state index contributed by atoms with van der Waals surface area (Å²) in [5.74, 6) is 0. The number of hydrogen-bond donors (Lipinski definition) is 6. The molecule has 0 heterocycles. The number of nitrogens with zero attached hydrogens (tertiary/aromatic N) is 3. The van der Waals surface area contributed by atoms with Crippen LogP contribution < -0.4 is 5.32 Å². The van der Waals surface area contributed by atoms with Gasteiger partial charge in [0.2, 0.25) is 0 Å². The summed E-state index contributed by atoms with van der Waals surface area (Å²) < 4.78 is 0. The van der Waals surface area contributed by atoms with Gasteiger partial charge >= 0.3 is 0 Å². The minimum atomic E-state index is -0.469.